The molecule has 1 nitrogen and oxygen atoms in total. The number of halogens is 2. The molecule has 3 heteroatoms. The summed E-state index contributed by atoms with van der Waals surface area (Å²) in [7, 11) is 2.24. The van der Waals surface area contributed by atoms with E-state index in [9.17, 15) is 0 Å². The van der Waals surface area contributed by atoms with Gasteiger partial charge in [-0.1, -0.05) is 62.9 Å². The molecule has 0 bridgehead atoms. The third-order valence-electron chi connectivity index (χ3n) is 3.95. The minimum atomic E-state index is 0.510. The summed E-state index contributed by atoms with van der Waals surface area (Å²) in [6.07, 6.45) is 5.54. The molecule has 0 aliphatic heterocycles. The van der Waals surface area contributed by atoms with E-state index in [-0.39, 0.29) is 0 Å². The Kier molecular flexibility index (Phi) is 5.28. The SMILES string of the molecule is CN(Cc1ccccc1Br)CC1(CBr)CCCC1. The van der Waals surface area contributed by atoms with Crippen molar-refractivity contribution in [3.63, 3.8) is 0 Å². The Morgan fingerprint density at radius 1 is 1.22 bits per heavy atom. The molecule has 0 saturated heterocycles. The van der Waals surface area contributed by atoms with Gasteiger partial charge in [0.2, 0.25) is 0 Å². The summed E-state index contributed by atoms with van der Waals surface area (Å²) in [5.74, 6) is 0. The predicted molar refractivity (Wildman–Crippen MR) is 85.2 cm³/mol. The zero-order chi connectivity index (χ0) is 13.0. The van der Waals surface area contributed by atoms with Gasteiger partial charge < -0.3 is 4.90 Å². The normalized spacial score (nSPS) is 18.4. The first-order valence-electron chi connectivity index (χ1n) is 6.63. The maximum Gasteiger partial charge on any atom is 0.0242 e. The number of alkyl halides is 1. The molecule has 0 radical (unpaired) electrons. The van der Waals surface area contributed by atoms with E-state index in [0.717, 1.165) is 11.9 Å². The Labute approximate surface area is 127 Å². The minimum absolute atomic E-state index is 0.510. The highest BCUT2D eigenvalue weighted by Crippen LogP contribution is 2.40. The maximum atomic E-state index is 3.73. The van der Waals surface area contributed by atoms with Crippen LogP contribution in [0, 0.1) is 5.41 Å². The van der Waals surface area contributed by atoms with Gasteiger partial charge in [-0.3, -0.25) is 0 Å². The van der Waals surface area contributed by atoms with Crippen LogP contribution in [0.2, 0.25) is 0 Å². The lowest BCUT2D eigenvalue weighted by Crippen LogP contribution is -2.34. The van der Waals surface area contributed by atoms with Crippen molar-refractivity contribution in [3.8, 4) is 0 Å². The highest BCUT2D eigenvalue weighted by atomic mass is 79.9. The van der Waals surface area contributed by atoms with Crippen LogP contribution in [0.5, 0.6) is 0 Å². The molecule has 2 rings (SSSR count). The van der Waals surface area contributed by atoms with Crippen molar-refractivity contribution in [2.24, 2.45) is 5.41 Å². The van der Waals surface area contributed by atoms with Crippen LogP contribution >= 0.6 is 31.9 Å². The summed E-state index contributed by atoms with van der Waals surface area (Å²) >= 11 is 7.36. The second-order valence-electron chi connectivity index (χ2n) is 5.60. The third-order valence-corrected chi connectivity index (χ3v) is 5.91. The van der Waals surface area contributed by atoms with Gasteiger partial charge in [0.25, 0.3) is 0 Å². The summed E-state index contributed by atoms with van der Waals surface area (Å²) in [5, 5.41) is 1.14. The van der Waals surface area contributed by atoms with Crippen molar-refractivity contribution < 1.29 is 0 Å². The van der Waals surface area contributed by atoms with Gasteiger partial charge in [-0.05, 0) is 36.9 Å². The maximum absolute atomic E-state index is 3.73. The molecular formula is C15H21Br2N. The average Bonchev–Trinajstić information content (AvgIpc) is 2.81. The molecule has 100 valence electrons. The second-order valence-corrected chi connectivity index (χ2v) is 7.02. The number of hydrogen-bond donors (Lipinski definition) is 0. The van der Waals surface area contributed by atoms with E-state index in [0.29, 0.717) is 5.41 Å². The van der Waals surface area contributed by atoms with E-state index in [1.165, 1.54) is 42.3 Å². The minimum Gasteiger partial charge on any atom is -0.301 e. The van der Waals surface area contributed by atoms with Gasteiger partial charge in [-0.15, -0.1) is 0 Å². The van der Waals surface area contributed by atoms with Crippen LogP contribution in [0.25, 0.3) is 0 Å². The van der Waals surface area contributed by atoms with Crippen LogP contribution in [0.3, 0.4) is 0 Å². The van der Waals surface area contributed by atoms with Gasteiger partial charge >= 0.3 is 0 Å². The molecule has 1 aliphatic carbocycles. The Morgan fingerprint density at radius 3 is 2.50 bits per heavy atom. The Balaban J connectivity index is 1.96. The third kappa shape index (κ3) is 3.58. The quantitative estimate of drug-likeness (QED) is 0.666. The van der Waals surface area contributed by atoms with Crippen molar-refractivity contribution in [1.82, 2.24) is 4.90 Å². The van der Waals surface area contributed by atoms with Crippen molar-refractivity contribution in [3.05, 3.63) is 34.3 Å². The van der Waals surface area contributed by atoms with Crippen LogP contribution in [-0.2, 0) is 6.54 Å². The first kappa shape index (κ1) is 14.5. The lowest BCUT2D eigenvalue weighted by molar-refractivity contribution is 0.196. The van der Waals surface area contributed by atoms with Gasteiger partial charge in [0, 0.05) is 22.9 Å². The number of rotatable bonds is 5. The van der Waals surface area contributed by atoms with Gasteiger partial charge in [-0.25, -0.2) is 0 Å². The smallest absolute Gasteiger partial charge is 0.0242 e. The molecule has 1 saturated carbocycles. The van der Waals surface area contributed by atoms with E-state index >= 15 is 0 Å². The summed E-state index contributed by atoms with van der Waals surface area (Å²) in [5.41, 5.74) is 1.89. The van der Waals surface area contributed by atoms with Gasteiger partial charge in [0.15, 0.2) is 0 Å². The first-order chi connectivity index (χ1) is 8.65. The molecule has 0 unspecified atom stereocenters. The van der Waals surface area contributed by atoms with E-state index < -0.39 is 0 Å². The molecule has 0 aromatic heterocycles. The summed E-state index contributed by atoms with van der Waals surface area (Å²) < 4.78 is 1.22. The lowest BCUT2D eigenvalue weighted by atomic mass is 9.88. The molecule has 0 atom stereocenters. The fraction of sp³-hybridized carbons (Fsp3) is 0.600. The van der Waals surface area contributed by atoms with Gasteiger partial charge in [0.1, 0.15) is 0 Å². The van der Waals surface area contributed by atoms with Crippen LogP contribution in [0.1, 0.15) is 31.2 Å². The van der Waals surface area contributed by atoms with Crippen LogP contribution in [0.15, 0.2) is 28.7 Å². The average molecular weight is 375 g/mol. The van der Waals surface area contributed by atoms with E-state index in [1.54, 1.807) is 0 Å². The topological polar surface area (TPSA) is 3.24 Å². The van der Waals surface area contributed by atoms with E-state index in [1.807, 2.05) is 0 Å². The number of nitrogens with zero attached hydrogens (tertiary/aromatic N) is 1. The van der Waals surface area contributed by atoms with Crippen molar-refractivity contribution in [1.29, 1.82) is 0 Å². The first-order valence-corrected chi connectivity index (χ1v) is 8.55. The predicted octanol–water partition coefficient (Wildman–Crippen LogP) is 4.84. The zero-order valence-corrected chi connectivity index (χ0v) is 14.1. The molecular weight excluding hydrogens is 354 g/mol. The van der Waals surface area contributed by atoms with Crippen LogP contribution in [-0.4, -0.2) is 23.8 Å². The number of benzene rings is 1. The molecule has 1 aliphatic rings. The summed E-state index contributed by atoms with van der Waals surface area (Å²) in [6.45, 7) is 2.22. The standard InChI is InChI=1S/C15H21Br2N/c1-18(10-13-6-2-3-7-14(13)17)12-15(11-16)8-4-5-9-15/h2-3,6-7H,4-5,8-12H2,1H3. The second kappa shape index (κ2) is 6.53. The molecule has 1 fully saturated rings. The zero-order valence-electron chi connectivity index (χ0n) is 11.0. The number of hydrogen-bond acceptors (Lipinski definition) is 1. The van der Waals surface area contributed by atoms with E-state index in [2.05, 4.69) is 68.1 Å². The fourth-order valence-electron chi connectivity index (χ4n) is 3.00. The molecule has 1 aromatic carbocycles. The van der Waals surface area contributed by atoms with E-state index in [4.69, 9.17) is 0 Å². The molecule has 0 amide bonds. The molecule has 0 spiro atoms. The Bertz CT molecular complexity index is 386. The van der Waals surface area contributed by atoms with Crippen molar-refractivity contribution in [2.45, 2.75) is 32.2 Å². The monoisotopic (exact) mass is 373 g/mol. The highest BCUT2D eigenvalue weighted by molar-refractivity contribution is 9.10. The van der Waals surface area contributed by atoms with Gasteiger partial charge in [-0.2, -0.15) is 0 Å². The fourth-order valence-corrected chi connectivity index (χ4v) is 4.15. The molecule has 18 heavy (non-hydrogen) atoms. The molecule has 1 aromatic rings. The molecule has 0 N–H and O–H groups in total. The summed E-state index contributed by atoms with van der Waals surface area (Å²) in [4.78, 5) is 2.46. The largest absolute Gasteiger partial charge is 0.301 e. The Morgan fingerprint density at radius 2 is 1.89 bits per heavy atom. The van der Waals surface area contributed by atoms with Gasteiger partial charge in [0.05, 0.1) is 0 Å². The van der Waals surface area contributed by atoms with Crippen LogP contribution < -0.4 is 0 Å². The Hall–Kier alpha value is 0.140. The molecule has 0 heterocycles. The lowest BCUT2D eigenvalue weighted by Gasteiger charge is -2.32. The summed E-state index contributed by atoms with van der Waals surface area (Å²) in [6, 6.07) is 8.52. The highest BCUT2D eigenvalue weighted by Gasteiger charge is 2.33. The van der Waals surface area contributed by atoms with Crippen molar-refractivity contribution >= 4 is 31.9 Å². The van der Waals surface area contributed by atoms with Crippen LogP contribution in [0.4, 0.5) is 0 Å². The van der Waals surface area contributed by atoms with Crippen molar-refractivity contribution in [2.75, 3.05) is 18.9 Å².